The standard InChI is InChI=1S/C22H30ClN3O3S/c1-16-5-3-11-26(13-16)12-4-10-24-21(27)15-30(28)14-20-17(2)29-22(25-20)18-6-8-19(23)9-7-18/h6-9,16H,3-5,10-15H2,1-2H3,(H,24,27)/t16-,30+/m0/s1. The smallest absolute Gasteiger partial charge is 0.232 e. The molecule has 1 aliphatic heterocycles. The van der Waals surface area contributed by atoms with Crippen LogP contribution in [0.25, 0.3) is 11.5 Å². The molecule has 1 saturated heterocycles. The predicted molar refractivity (Wildman–Crippen MR) is 121 cm³/mol. The van der Waals surface area contributed by atoms with Crippen molar-refractivity contribution in [1.82, 2.24) is 15.2 Å². The Labute approximate surface area is 185 Å². The monoisotopic (exact) mass is 451 g/mol. The summed E-state index contributed by atoms with van der Waals surface area (Å²) >= 11 is 5.91. The van der Waals surface area contributed by atoms with E-state index in [2.05, 4.69) is 22.1 Å². The molecular formula is C22H30ClN3O3S. The number of rotatable bonds is 9. The van der Waals surface area contributed by atoms with Crippen LogP contribution in [0.4, 0.5) is 0 Å². The number of aryl methyl sites for hydroxylation is 1. The number of oxazole rings is 1. The minimum absolute atomic E-state index is 0.0245. The lowest BCUT2D eigenvalue weighted by Gasteiger charge is -2.30. The highest BCUT2D eigenvalue weighted by atomic mass is 35.5. The largest absolute Gasteiger partial charge is 0.441 e. The Morgan fingerprint density at radius 3 is 2.87 bits per heavy atom. The van der Waals surface area contributed by atoms with Crippen molar-refractivity contribution in [2.24, 2.45) is 5.92 Å². The van der Waals surface area contributed by atoms with Gasteiger partial charge in [0.2, 0.25) is 11.8 Å². The summed E-state index contributed by atoms with van der Waals surface area (Å²) < 4.78 is 18.1. The summed E-state index contributed by atoms with van der Waals surface area (Å²) in [4.78, 5) is 19.0. The maximum absolute atomic E-state index is 12.4. The molecule has 6 nitrogen and oxygen atoms in total. The third-order valence-electron chi connectivity index (χ3n) is 5.29. The Bertz CT molecular complexity index is 869. The van der Waals surface area contributed by atoms with Gasteiger partial charge in [0.15, 0.2) is 0 Å². The molecule has 2 aromatic rings. The van der Waals surface area contributed by atoms with E-state index in [-0.39, 0.29) is 17.4 Å². The van der Waals surface area contributed by atoms with Crippen molar-refractivity contribution in [1.29, 1.82) is 0 Å². The van der Waals surface area contributed by atoms with Gasteiger partial charge in [0.1, 0.15) is 11.5 Å². The normalized spacial score (nSPS) is 18.3. The van der Waals surface area contributed by atoms with E-state index >= 15 is 0 Å². The van der Waals surface area contributed by atoms with E-state index in [0.717, 1.165) is 37.5 Å². The second-order valence-electron chi connectivity index (χ2n) is 8.01. The van der Waals surface area contributed by atoms with Crippen molar-refractivity contribution in [2.45, 2.75) is 38.9 Å². The van der Waals surface area contributed by atoms with E-state index in [1.807, 2.05) is 12.1 Å². The lowest BCUT2D eigenvalue weighted by Crippen LogP contribution is -2.37. The molecule has 0 spiro atoms. The van der Waals surface area contributed by atoms with Crippen LogP contribution in [0.15, 0.2) is 28.7 Å². The molecule has 30 heavy (non-hydrogen) atoms. The average Bonchev–Trinajstić information content (AvgIpc) is 3.06. The van der Waals surface area contributed by atoms with Gasteiger partial charge < -0.3 is 14.6 Å². The Morgan fingerprint density at radius 2 is 2.13 bits per heavy atom. The zero-order valence-electron chi connectivity index (χ0n) is 17.7. The number of carbonyl (C=O) groups is 1. The van der Waals surface area contributed by atoms with Gasteiger partial charge >= 0.3 is 0 Å². The van der Waals surface area contributed by atoms with Crippen molar-refractivity contribution >= 4 is 28.3 Å². The predicted octanol–water partition coefficient (Wildman–Crippen LogP) is 3.79. The summed E-state index contributed by atoms with van der Waals surface area (Å²) in [6.07, 6.45) is 3.48. The first kappa shape index (κ1) is 23.0. The zero-order valence-corrected chi connectivity index (χ0v) is 19.2. The van der Waals surface area contributed by atoms with Crippen molar-refractivity contribution in [3.8, 4) is 11.5 Å². The van der Waals surface area contributed by atoms with Crippen molar-refractivity contribution in [2.75, 3.05) is 31.9 Å². The van der Waals surface area contributed by atoms with Gasteiger partial charge in [-0.05, 0) is 69.5 Å². The molecule has 164 valence electrons. The van der Waals surface area contributed by atoms with Gasteiger partial charge in [-0.2, -0.15) is 0 Å². The summed E-state index contributed by atoms with van der Waals surface area (Å²) in [5.74, 6) is 1.83. The quantitative estimate of drug-likeness (QED) is 0.587. The van der Waals surface area contributed by atoms with Crippen molar-refractivity contribution in [3.05, 3.63) is 40.7 Å². The number of piperidine rings is 1. The van der Waals surface area contributed by atoms with Gasteiger partial charge in [-0.3, -0.25) is 9.00 Å². The summed E-state index contributed by atoms with van der Waals surface area (Å²) in [5.41, 5.74) is 1.42. The Hall–Kier alpha value is -1.70. The number of halogens is 1. The van der Waals surface area contributed by atoms with Crippen molar-refractivity contribution < 1.29 is 13.4 Å². The number of aromatic nitrogens is 1. The third kappa shape index (κ3) is 6.93. The van der Waals surface area contributed by atoms with E-state index in [1.165, 1.54) is 12.8 Å². The molecule has 1 aromatic carbocycles. The lowest BCUT2D eigenvalue weighted by molar-refractivity contribution is -0.118. The molecule has 1 aliphatic rings. The molecule has 0 bridgehead atoms. The molecule has 1 fully saturated rings. The van der Waals surface area contributed by atoms with E-state index in [0.29, 0.717) is 28.9 Å². The van der Waals surface area contributed by atoms with Crippen LogP contribution in [0.5, 0.6) is 0 Å². The van der Waals surface area contributed by atoms with E-state index in [4.69, 9.17) is 16.0 Å². The Morgan fingerprint density at radius 1 is 1.37 bits per heavy atom. The maximum atomic E-state index is 12.4. The molecule has 8 heteroatoms. The average molecular weight is 452 g/mol. The number of nitrogens with zero attached hydrogens (tertiary/aromatic N) is 2. The summed E-state index contributed by atoms with van der Waals surface area (Å²) in [6.45, 7) is 7.99. The molecule has 2 heterocycles. The molecule has 0 aliphatic carbocycles. The third-order valence-corrected chi connectivity index (χ3v) is 6.72. The van der Waals surface area contributed by atoms with Crippen LogP contribution >= 0.6 is 11.6 Å². The van der Waals surface area contributed by atoms with Crippen LogP contribution in [-0.4, -0.2) is 51.9 Å². The topological polar surface area (TPSA) is 75.4 Å². The van der Waals surface area contributed by atoms with Gasteiger partial charge in [-0.1, -0.05) is 18.5 Å². The Kier molecular flexibility index (Phi) is 8.48. The summed E-state index contributed by atoms with van der Waals surface area (Å²) in [7, 11) is -1.34. The zero-order chi connectivity index (χ0) is 21.5. The summed E-state index contributed by atoms with van der Waals surface area (Å²) in [5, 5.41) is 3.52. The number of benzene rings is 1. The highest BCUT2D eigenvalue weighted by molar-refractivity contribution is 7.84. The first-order valence-corrected chi connectivity index (χ1v) is 12.3. The van der Waals surface area contributed by atoms with Gasteiger partial charge in [-0.25, -0.2) is 4.98 Å². The van der Waals surface area contributed by atoms with Gasteiger partial charge in [0.25, 0.3) is 0 Å². The minimum Gasteiger partial charge on any atom is -0.441 e. The van der Waals surface area contributed by atoms with Crippen LogP contribution in [-0.2, 0) is 21.3 Å². The van der Waals surface area contributed by atoms with Crippen LogP contribution < -0.4 is 5.32 Å². The van der Waals surface area contributed by atoms with Gasteiger partial charge in [0, 0.05) is 34.5 Å². The van der Waals surface area contributed by atoms with E-state index < -0.39 is 10.8 Å². The first-order chi connectivity index (χ1) is 14.4. The number of hydrogen-bond acceptors (Lipinski definition) is 5. The molecule has 2 atom stereocenters. The van der Waals surface area contributed by atoms with Crippen LogP contribution in [0, 0.1) is 12.8 Å². The van der Waals surface area contributed by atoms with E-state index in [9.17, 15) is 9.00 Å². The molecule has 0 radical (unpaired) electrons. The SMILES string of the molecule is Cc1oc(-c2ccc(Cl)cc2)nc1C[S@@](=O)CC(=O)NCCCN1CCC[C@H](C)C1. The minimum atomic E-state index is -1.34. The number of likely N-dealkylation sites (tertiary alicyclic amines) is 1. The molecule has 0 saturated carbocycles. The number of hydrogen-bond donors (Lipinski definition) is 1. The molecular weight excluding hydrogens is 422 g/mol. The first-order valence-electron chi connectivity index (χ1n) is 10.5. The van der Waals surface area contributed by atoms with Crippen molar-refractivity contribution in [3.63, 3.8) is 0 Å². The molecule has 1 amide bonds. The van der Waals surface area contributed by atoms with Crippen LogP contribution in [0.3, 0.4) is 0 Å². The second kappa shape index (κ2) is 11.1. The van der Waals surface area contributed by atoms with E-state index in [1.54, 1.807) is 19.1 Å². The summed E-state index contributed by atoms with van der Waals surface area (Å²) in [6, 6.07) is 7.19. The van der Waals surface area contributed by atoms with Crippen LogP contribution in [0.2, 0.25) is 5.02 Å². The molecule has 1 aromatic heterocycles. The fourth-order valence-corrected chi connectivity index (χ4v) is 4.89. The fourth-order valence-electron chi connectivity index (χ4n) is 3.70. The maximum Gasteiger partial charge on any atom is 0.232 e. The number of amides is 1. The fraction of sp³-hybridized carbons (Fsp3) is 0.545. The van der Waals surface area contributed by atoms with Gasteiger partial charge in [-0.15, -0.1) is 0 Å². The molecule has 1 N–H and O–H groups in total. The Balaban J connectivity index is 1.40. The second-order valence-corrected chi connectivity index (χ2v) is 9.90. The lowest BCUT2D eigenvalue weighted by atomic mass is 10.0. The number of nitrogens with one attached hydrogen (secondary N) is 1. The van der Waals surface area contributed by atoms with Gasteiger partial charge in [0.05, 0.1) is 11.4 Å². The molecule has 0 unspecified atom stereocenters. The molecule has 3 rings (SSSR count). The highest BCUT2D eigenvalue weighted by Crippen LogP contribution is 2.24. The highest BCUT2D eigenvalue weighted by Gasteiger charge is 2.17. The number of carbonyl (C=O) groups excluding carboxylic acids is 1. The van der Waals surface area contributed by atoms with Crippen LogP contribution in [0.1, 0.15) is 37.6 Å².